The Labute approximate surface area is 421 Å². The summed E-state index contributed by atoms with van der Waals surface area (Å²) in [5, 5.41) is 19.9. The smallest absolute Gasteiger partial charge is 0.407 e. The molecule has 1 aromatic carbocycles. The van der Waals surface area contributed by atoms with E-state index in [2.05, 4.69) is 37.2 Å². The highest BCUT2D eigenvalue weighted by atomic mass is 16.6. The molecular weight excluding hydrogens is 913 g/mol. The van der Waals surface area contributed by atoms with Crippen LogP contribution in [0.25, 0.3) is 0 Å². The highest BCUT2D eigenvalue weighted by Gasteiger charge is 2.41. The quantitative estimate of drug-likeness (QED) is 0.0985. The average molecular weight is 999 g/mol. The van der Waals surface area contributed by atoms with E-state index in [0.717, 1.165) is 0 Å². The topological polar surface area (TPSA) is 252 Å². The van der Waals surface area contributed by atoms with Crippen LogP contribution in [-0.4, -0.2) is 125 Å². The Hall–Kier alpha value is -5.62. The van der Waals surface area contributed by atoms with E-state index in [1.165, 1.54) is 4.90 Å². The number of rotatable bonds is 17. The number of carbonyl (C=O) groups excluding carboxylic acids is 8. The average Bonchev–Trinajstić information content (AvgIpc) is 3.75. The van der Waals surface area contributed by atoms with Crippen molar-refractivity contribution in [2.75, 3.05) is 19.6 Å². The second kappa shape index (κ2) is 27.3. The number of unbranched alkanes of at least 4 members (excludes halogenated alkanes) is 2. The van der Waals surface area contributed by atoms with Gasteiger partial charge in [-0.05, 0) is 150 Å². The molecule has 19 heteroatoms. The van der Waals surface area contributed by atoms with E-state index in [1.807, 2.05) is 48.5 Å². The summed E-state index contributed by atoms with van der Waals surface area (Å²) in [6, 6.07) is 0.411. The number of carbonyl (C=O) groups is 8. The standard InChI is InChI=1S/C52H86N8O11/c1-14-33(4)41-46(65)58-38(30-32(2)3)43(62)55-36(20-15-17-27-53-48(67)70-51(8,9)10)42(61)56-37(21-16-18-28-54-49(68)71-52(11,12)13)47(66)60-29-19-22-40(60)45(64)57-39(44(63)59-41)31-34-23-25-35(26-24-34)69-50(5,6)7/h23-26,32-33,36-41H,14-22,27-31H2,1-13H3,(H,53,67)(H,54,68)(H,55,62)(H,56,61)(H,57,64)(H,58,65)(H,59,63)/t33-,36-,37-,38-,39-,40-,41-/m0/s1. The maximum Gasteiger partial charge on any atom is 0.407 e. The number of amides is 8. The summed E-state index contributed by atoms with van der Waals surface area (Å²) in [5.74, 6) is -3.46. The fourth-order valence-electron chi connectivity index (χ4n) is 8.21. The van der Waals surface area contributed by atoms with Gasteiger partial charge in [0.15, 0.2) is 0 Å². The van der Waals surface area contributed by atoms with Crippen molar-refractivity contribution in [2.45, 2.75) is 214 Å². The summed E-state index contributed by atoms with van der Waals surface area (Å²) < 4.78 is 16.7. The van der Waals surface area contributed by atoms with Crippen molar-refractivity contribution < 1.29 is 52.6 Å². The van der Waals surface area contributed by atoms with Crippen LogP contribution in [0.2, 0.25) is 0 Å². The lowest BCUT2D eigenvalue weighted by Crippen LogP contribution is -2.62. The number of hydrogen-bond acceptors (Lipinski definition) is 11. The van der Waals surface area contributed by atoms with E-state index in [1.54, 1.807) is 65.8 Å². The maximum atomic E-state index is 14.8. The third-order valence-corrected chi connectivity index (χ3v) is 11.8. The Morgan fingerprint density at radius 3 is 1.65 bits per heavy atom. The zero-order chi connectivity index (χ0) is 53.3. The molecule has 400 valence electrons. The van der Waals surface area contributed by atoms with Gasteiger partial charge >= 0.3 is 12.2 Å². The number of benzene rings is 1. The monoisotopic (exact) mass is 999 g/mol. The highest BCUT2D eigenvalue weighted by molar-refractivity contribution is 5.98. The third-order valence-electron chi connectivity index (χ3n) is 11.8. The molecule has 2 aliphatic heterocycles. The second-order valence-electron chi connectivity index (χ2n) is 22.3. The molecule has 71 heavy (non-hydrogen) atoms. The molecule has 0 bridgehead atoms. The molecule has 2 aliphatic rings. The number of alkyl carbamates (subject to hydrolysis) is 2. The summed E-state index contributed by atoms with van der Waals surface area (Å²) in [6.07, 6.45) is 2.06. The van der Waals surface area contributed by atoms with Crippen LogP contribution in [0.3, 0.4) is 0 Å². The summed E-state index contributed by atoms with van der Waals surface area (Å²) in [7, 11) is 0. The van der Waals surface area contributed by atoms with Crippen LogP contribution in [0.1, 0.15) is 160 Å². The molecule has 1 aromatic rings. The largest absolute Gasteiger partial charge is 0.488 e. The van der Waals surface area contributed by atoms with Crippen LogP contribution in [0.4, 0.5) is 9.59 Å². The van der Waals surface area contributed by atoms with E-state index >= 15 is 0 Å². The SMILES string of the molecule is CC[C@H](C)[C@@H]1NC(=O)[C@H](Cc2ccc(OC(C)(C)C)cc2)NC(=O)[C@@H]2CCCN2C(=O)[C@H](CCCCNC(=O)OC(C)(C)C)NC(=O)[C@H](CCCCNC(=O)OC(C)(C)C)NC(=O)[C@H](CC(C)C)NC1=O. The maximum absolute atomic E-state index is 14.8. The number of ether oxygens (including phenoxy) is 3. The highest BCUT2D eigenvalue weighted by Crippen LogP contribution is 2.23. The molecule has 0 radical (unpaired) electrons. The van der Waals surface area contributed by atoms with Crippen molar-refractivity contribution in [1.29, 1.82) is 0 Å². The lowest BCUT2D eigenvalue weighted by atomic mass is 9.95. The normalized spacial score (nSPS) is 22.6. The first kappa shape index (κ1) is 59.7. The van der Waals surface area contributed by atoms with Gasteiger partial charge in [0, 0.05) is 26.1 Å². The number of nitrogens with one attached hydrogen (secondary N) is 7. The second-order valence-corrected chi connectivity index (χ2v) is 22.3. The van der Waals surface area contributed by atoms with Crippen molar-refractivity contribution in [1.82, 2.24) is 42.1 Å². The van der Waals surface area contributed by atoms with Crippen molar-refractivity contribution in [2.24, 2.45) is 11.8 Å². The van der Waals surface area contributed by atoms with Gasteiger partial charge in [-0.15, -0.1) is 0 Å². The molecule has 0 saturated carbocycles. The van der Waals surface area contributed by atoms with Crippen molar-refractivity contribution in [3.05, 3.63) is 29.8 Å². The van der Waals surface area contributed by atoms with Gasteiger partial charge in [0.25, 0.3) is 0 Å². The van der Waals surface area contributed by atoms with Crippen molar-refractivity contribution in [3.8, 4) is 5.75 Å². The van der Waals surface area contributed by atoms with Crippen LogP contribution < -0.4 is 42.0 Å². The van der Waals surface area contributed by atoms with E-state index in [0.29, 0.717) is 49.8 Å². The minimum Gasteiger partial charge on any atom is -0.488 e. The Morgan fingerprint density at radius 1 is 0.634 bits per heavy atom. The molecule has 7 N–H and O–H groups in total. The molecule has 0 unspecified atom stereocenters. The zero-order valence-electron chi connectivity index (χ0n) is 44.8. The third kappa shape index (κ3) is 21.7. The van der Waals surface area contributed by atoms with Gasteiger partial charge in [0.2, 0.25) is 35.4 Å². The molecular formula is C52H86N8O11. The number of fused-ring (bicyclic) bond motifs is 1. The van der Waals surface area contributed by atoms with Crippen molar-refractivity contribution >= 4 is 47.6 Å². The van der Waals surface area contributed by atoms with Gasteiger partial charge in [0.1, 0.15) is 58.8 Å². The first-order valence-electron chi connectivity index (χ1n) is 25.6. The minimum absolute atomic E-state index is 0.0374. The van der Waals surface area contributed by atoms with Crippen LogP contribution in [0.15, 0.2) is 24.3 Å². The molecule has 8 amide bonds. The molecule has 3 rings (SSSR count). The van der Waals surface area contributed by atoms with E-state index in [9.17, 15) is 38.4 Å². The molecule has 0 aromatic heterocycles. The predicted octanol–water partition coefficient (Wildman–Crippen LogP) is 5.32. The van der Waals surface area contributed by atoms with Gasteiger partial charge in [-0.2, -0.15) is 0 Å². The Balaban J connectivity index is 2.07. The van der Waals surface area contributed by atoms with E-state index < -0.39 is 107 Å². The van der Waals surface area contributed by atoms with Crippen LogP contribution >= 0.6 is 0 Å². The summed E-state index contributed by atoms with van der Waals surface area (Å²) in [5.41, 5.74) is -1.15. The Morgan fingerprint density at radius 2 is 1.13 bits per heavy atom. The first-order valence-corrected chi connectivity index (χ1v) is 25.6. The van der Waals surface area contributed by atoms with Gasteiger partial charge in [-0.1, -0.05) is 46.2 Å². The van der Waals surface area contributed by atoms with Crippen LogP contribution in [0.5, 0.6) is 5.75 Å². The van der Waals surface area contributed by atoms with Gasteiger partial charge in [-0.25, -0.2) is 9.59 Å². The molecule has 2 saturated heterocycles. The summed E-state index contributed by atoms with van der Waals surface area (Å²) in [4.78, 5) is 113. The molecule has 2 heterocycles. The molecule has 19 nitrogen and oxygen atoms in total. The van der Waals surface area contributed by atoms with Crippen LogP contribution in [-0.2, 0) is 44.7 Å². The number of hydrogen-bond donors (Lipinski definition) is 7. The Bertz CT molecular complexity index is 1960. The summed E-state index contributed by atoms with van der Waals surface area (Å²) >= 11 is 0. The molecule has 0 aliphatic carbocycles. The molecule has 0 spiro atoms. The molecule has 2 fully saturated rings. The fourth-order valence-corrected chi connectivity index (χ4v) is 8.21. The van der Waals surface area contributed by atoms with E-state index in [4.69, 9.17) is 14.2 Å². The number of nitrogens with zero attached hydrogens (tertiary/aromatic N) is 1. The van der Waals surface area contributed by atoms with Gasteiger partial charge in [0.05, 0.1) is 0 Å². The lowest BCUT2D eigenvalue weighted by Gasteiger charge is -2.32. The van der Waals surface area contributed by atoms with E-state index in [-0.39, 0.29) is 57.7 Å². The van der Waals surface area contributed by atoms with Gasteiger partial charge < -0.3 is 56.3 Å². The summed E-state index contributed by atoms with van der Waals surface area (Å²) in [6.45, 7) is 24.4. The fraction of sp³-hybridized carbons (Fsp3) is 0.731. The zero-order valence-corrected chi connectivity index (χ0v) is 44.8. The lowest BCUT2D eigenvalue weighted by molar-refractivity contribution is -0.143. The molecule has 7 atom stereocenters. The first-order chi connectivity index (χ1) is 33.0. The minimum atomic E-state index is -1.18. The Kier molecular flexibility index (Phi) is 22.9. The van der Waals surface area contributed by atoms with Gasteiger partial charge in [-0.3, -0.25) is 28.8 Å². The van der Waals surface area contributed by atoms with Crippen LogP contribution in [0, 0.1) is 11.8 Å². The predicted molar refractivity (Wildman–Crippen MR) is 270 cm³/mol. The van der Waals surface area contributed by atoms with Crippen molar-refractivity contribution in [3.63, 3.8) is 0 Å².